The fraction of sp³-hybridized carbons (Fsp3) is 0.0182. The minimum absolute atomic E-state index is 0.546. The first-order valence-corrected chi connectivity index (χ1v) is 19.8. The monoisotopic (exact) mass is 738 g/mol. The van der Waals surface area contributed by atoms with Crippen molar-refractivity contribution in [3.63, 3.8) is 0 Å². The highest BCUT2D eigenvalue weighted by Gasteiger charge is 2.54. The van der Waals surface area contributed by atoms with Gasteiger partial charge in [0.15, 0.2) is 5.82 Å². The molecule has 0 unspecified atom stereocenters. The first-order valence-electron chi connectivity index (χ1n) is 19.8. The average molecular weight is 739 g/mol. The van der Waals surface area contributed by atoms with E-state index in [0.29, 0.717) is 5.82 Å². The minimum atomic E-state index is -0.546. The summed E-state index contributed by atoms with van der Waals surface area (Å²) in [5.74, 6) is 1.59. The molecule has 58 heavy (non-hydrogen) atoms. The topological polar surface area (TPSA) is 38.9 Å². The van der Waals surface area contributed by atoms with Crippen molar-refractivity contribution in [1.82, 2.24) is 9.97 Å². The Hall–Kier alpha value is -7.62. The fourth-order valence-corrected chi connectivity index (χ4v) is 9.73. The van der Waals surface area contributed by atoms with Crippen LogP contribution in [0.1, 0.15) is 22.3 Å². The van der Waals surface area contributed by atoms with Crippen molar-refractivity contribution < 1.29 is 4.42 Å². The number of fused-ring (bicyclic) bond motifs is 12. The molecule has 2 aliphatic rings. The van der Waals surface area contributed by atoms with E-state index < -0.39 is 5.41 Å². The van der Waals surface area contributed by atoms with Crippen LogP contribution in [0.15, 0.2) is 211 Å². The zero-order valence-corrected chi connectivity index (χ0v) is 31.4. The number of nitrogens with zero attached hydrogens (tertiary/aromatic N) is 2. The summed E-state index contributed by atoms with van der Waals surface area (Å²) in [4.78, 5) is 10.7. The van der Waals surface area contributed by atoms with Crippen LogP contribution in [-0.4, -0.2) is 9.97 Å². The maximum absolute atomic E-state index is 7.03. The van der Waals surface area contributed by atoms with Crippen molar-refractivity contribution in [2.24, 2.45) is 0 Å². The standard InChI is InChI=1S/C55H34N2O/c1-3-17-35(18-4-1)37-21-15-22-38(33-37)49-34-48(36-19-5-2-6-20-36)56-54(57-49)43-26-8-7-23-39(43)42-28-16-31-47-51(42)53-52(44-27-11-14-32-50(44)58-53)55(47)45-29-12-9-24-40(45)41-25-10-13-30-46(41)55/h1-34H. The third kappa shape index (κ3) is 4.68. The summed E-state index contributed by atoms with van der Waals surface area (Å²) in [7, 11) is 0. The predicted molar refractivity (Wildman–Crippen MR) is 235 cm³/mol. The van der Waals surface area contributed by atoms with Gasteiger partial charge in [0.1, 0.15) is 11.3 Å². The van der Waals surface area contributed by atoms with E-state index in [1.54, 1.807) is 0 Å². The summed E-state index contributed by atoms with van der Waals surface area (Å²) in [5, 5.41) is 1.14. The van der Waals surface area contributed by atoms with Gasteiger partial charge in [-0.3, -0.25) is 0 Å². The molecule has 2 aliphatic carbocycles. The molecule has 10 aromatic rings. The van der Waals surface area contributed by atoms with Crippen molar-refractivity contribution in [3.8, 4) is 78.6 Å². The van der Waals surface area contributed by atoms with Gasteiger partial charge in [-0.2, -0.15) is 0 Å². The van der Waals surface area contributed by atoms with Crippen molar-refractivity contribution in [2.75, 3.05) is 0 Å². The molecule has 0 saturated carbocycles. The number of furan rings is 1. The van der Waals surface area contributed by atoms with Gasteiger partial charge in [0.05, 0.1) is 16.8 Å². The van der Waals surface area contributed by atoms with Crippen LogP contribution in [0.4, 0.5) is 0 Å². The second-order valence-electron chi connectivity index (χ2n) is 15.2. The molecule has 270 valence electrons. The third-order valence-corrected chi connectivity index (χ3v) is 12.1. The Morgan fingerprint density at radius 1 is 0.362 bits per heavy atom. The molecule has 0 N–H and O–H groups in total. The third-order valence-electron chi connectivity index (χ3n) is 12.1. The van der Waals surface area contributed by atoms with E-state index in [2.05, 4.69) is 200 Å². The normalized spacial score (nSPS) is 13.0. The van der Waals surface area contributed by atoms with Gasteiger partial charge in [0.2, 0.25) is 0 Å². The van der Waals surface area contributed by atoms with E-state index in [-0.39, 0.29) is 0 Å². The SMILES string of the molecule is c1ccc(-c2cccc(-c3cc(-c4ccccc4)nc(-c4ccccc4-c4cccc5c4-c4oc6ccccc6c4C54c5ccccc5-c5ccccc54)n3)c2)cc1. The smallest absolute Gasteiger partial charge is 0.161 e. The highest BCUT2D eigenvalue weighted by atomic mass is 16.3. The zero-order valence-electron chi connectivity index (χ0n) is 31.4. The van der Waals surface area contributed by atoms with Crippen LogP contribution in [0, 0.1) is 0 Å². The van der Waals surface area contributed by atoms with Crippen molar-refractivity contribution in [1.29, 1.82) is 0 Å². The molecule has 1 spiro atoms. The molecule has 0 fully saturated rings. The molecule has 3 nitrogen and oxygen atoms in total. The molecule has 0 radical (unpaired) electrons. The number of hydrogen-bond acceptors (Lipinski definition) is 3. The maximum Gasteiger partial charge on any atom is 0.161 e. The lowest BCUT2D eigenvalue weighted by molar-refractivity contribution is 0.629. The molecule has 2 aromatic heterocycles. The molecule has 2 heterocycles. The van der Waals surface area contributed by atoms with Gasteiger partial charge in [-0.1, -0.05) is 188 Å². The molecule has 0 aliphatic heterocycles. The van der Waals surface area contributed by atoms with Gasteiger partial charge in [0.25, 0.3) is 0 Å². The molecule has 12 rings (SSSR count). The minimum Gasteiger partial charge on any atom is -0.456 e. The predicted octanol–water partition coefficient (Wildman–Crippen LogP) is 13.9. The van der Waals surface area contributed by atoms with E-state index in [0.717, 1.165) is 67.1 Å². The number of benzene rings is 8. The van der Waals surface area contributed by atoms with Crippen LogP contribution in [0.3, 0.4) is 0 Å². The fourth-order valence-electron chi connectivity index (χ4n) is 9.73. The van der Waals surface area contributed by atoms with Crippen LogP contribution in [0.25, 0.3) is 89.6 Å². The number of aromatic nitrogens is 2. The zero-order chi connectivity index (χ0) is 38.2. The largest absolute Gasteiger partial charge is 0.456 e. The van der Waals surface area contributed by atoms with Crippen LogP contribution in [-0.2, 0) is 5.41 Å². The molecule has 0 saturated heterocycles. The first-order chi connectivity index (χ1) is 28.8. The molecule has 0 bridgehead atoms. The Morgan fingerprint density at radius 3 is 1.62 bits per heavy atom. The number of rotatable bonds is 5. The molecule has 0 amide bonds. The Labute approximate surface area is 336 Å². The Kier molecular flexibility index (Phi) is 7.14. The Balaban J connectivity index is 1.11. The summed E-state index contributed by atoms with van der Waals surface area (Å²) >= 11 is 0. The summed E-state index contributed by atoms with van der Waals surface area (Å²) in [6, 6.07) is 73.4. The summed E-state index contributed by atoms with van der Waals surface area (Å²) in [5.41, 5.74) is 18.2. The van der Waals surface area contributed by atoms with Crippen LogP contribution in [0.5, 0.6) is 0 Å². The van der Waals surface area contributed by atoms with Gasteiger partial charge in [-0.15, -0.1) is 0 Å². The summed E-state index contributed by atoms with van der Waals surface area (Å²) in [6.07, 6.45) is 0. The lowest BCUT2D eigenvalue weighted by Gasteiger charge is -2.30. The highest BCUT2D eigenvalue weighted by Crippen LogP contribution is 2.66. The van der Waals surface area contributed by atoms with Gasteiger partial charge in [0, 0.05) is 33.2 Å². The van der Waals surface area contributed by atoms with Gasteiger partial charge in [-0.25, -0.2) is 9.97 Å². The lowest BCUT2D eigenvalue weighted by Crippen LogP contribution is -2.25. The highest BCUT2D eigenvalue weighted by molar-refractivity contribution is 6.06. The van der Waals surface area contributed by atoms with Gasteiger partial charge in [-0.05, 0) is 68.3 Å². The van der Waals surface area contributed by atoms with E-state index in [4.69, 9.17) is 14.4 Å². The average Bonchev–Trinajstić information content (AvgIpc) is 3.93. The molecule has 8 aromatic carbocycles. The Morgan fingerprint density at radius 2 is 0.879 bits per heavy atom. The van der Waals surface area contributed by atoms with Gasteiger partial charge < -0.3 is 4.42 Å². The molecular weight excluding hydrogens is 705 g/mol. The van der Waals surface area contributed by atoms with Crippen molar-refractivity contribution in [2.45, 2.75) is 5.41 Å². The van der Waals surface area contributed by atoms with Crippen molar-refractivity contribution >= 4 is 11.0 Å². The van der Waals surface area contributed by atoms with Crippen LogP contribution in [0.2, 0.25) is 0 Å². The summed E-state index contributed by atoms with van der Waals surface area (Å²) in [6.45, 7) is 0. The second kappa shape index (κ2) is 12.7. The first kappa shape index (κ1) is 32.6. The lowest BCUT2D eigenvalue weighted by atomic mass is 9.70. The van der Waals surface area contributed by atoms with Gasteiger partial charge >= 0.3 is 0 Å². The molecule has 3 heteroatoms. The second-order valence-corrected chi connectivity index (χ2v) is 15.2. The summed E-state index contributed by atoms with van der Waals surface area (Å²) < 4.78 is 7.03. The quantitative estimate of drug-likeness (QED) is 0.176. The van der Waals surface area contributed by atoms with E-state index >= 15 is 0 Å². The maximum atomic E-state index is 7.03. The molecule has 0 atom stereocenters. The van der Waals surface area contributed by atoms with E-state index in [1.165, 1.54) is 38.9 Å². The molecular formula is C55H34N2O. The number of para-hydroxylation sites is 1. The Bertz CT molecular complexity index is 3190. The number of hydrogen-bond donors (Lipinski definition) is 0. The van der Waals surface area contributed by atoms with E-state index in [9.17, 15) is 0 Å². The van der Waals surface area contributed by atoms with Crippen LogP contribution >= 0.6 is 0 Å². The van der Waals surface area contributed by atoms with Crippen LogP contribution < -0.4 is 0 Å². The van der Waals surface area contributed by atoms with Crippen molar-refractivity contribution in [3.05, 3.63) is 229 Å². The van der Waals surface area contributed by atoms with E-state index in [1.807, 2.05) is 6.07 Å².